The van der Waals surface area contributed by atoms with E-state index in [1.54, 1.807) is 0 Å². The molecule has 4 heterocycles. The molecule has 0 radical (unpaired) electrons. The summed E-state index contributed by atoms with van der Waals surface area (Å²) in [5, 5.41) is 0. The highest BCUT2D eigenvalue weighted by Crippen LogP contribution is 2.46. The molecule has 3 aromatic carbocycles. The van der Waals surface area contributed by atoms with Crippen LogP contribution in [0.3, 0.4) is 0 Å². The number of esters is 1. The smallest absolute Gasteiger partial charge is 0.318 e. The first-order chi connectivity index (χ1) is 15.2. The van der Waals surface area contributed by atoms with Crippen LogP contribution in [-0.2, 0) is 9.53 Å². The normalized spacial score (nSPS) is 25.6. The van der Waals surface area contributed by atoms with Crippen LogP contribution >= 0.6 is 0 Å². The number of quaternary nitrogens is 1. The average Bonchev–Trinajstić information content (AvgIpc) is 2.83. The lowest BCUT2D eigenvalue weighted by molar-refractivity contribution is -0.159. The van der Waals surface area contributed by atoms with Crippen LogP contribution in [0.5, 0.6) is 11.5 Å². The highest BCUT2D eigenvalue weighted by atomic mass is 79.9. The third kappa shape index (κ3) is 3.44. The second kappa shape index (κ2) is 8.38. The first-order valence-electron chi connectivity index (χ1n) is 11.2. The number of halogens is 1. The lowest BCUT2D eigenvalue weighted by Gasteiger charge is -2.51. The Morgan fingerprint density at radius 1 is 0.812 bits per heavy atom. The van der Waals surface area contributed by atoms with Crippen LogP contribution in [-0.4, -0.2) is 31.7 Å². The van der Waals surface area contributed by atoms with Gasteiger partial charge in [0.2, 0.25) is 0 Å². The van der Waals surface area contributed by atoms with Crippen LogP contribution in [0.4, 0.5) is 5.69 Å². The van der Waals surface area contributed by atoms with E-state index in [0.717, 1.165) is 59.6 Å². The minimum atomic E-state index is -0.443. The molecule has 2 bridgehead atoms. The number of para-hydroxylation sites is 3. The molecule has 0 aromatic heterocycles. The monoisotopic (exact) mass is 491 g/mol. The van der Waals surface area contributed by atoms with Crippen molar-refractivity contribution in [2.24, 2.45) is 5.92 Å². The van der Waals surface area contributed by atoms with Gasteiger partial charge in [0.25, 0.3) is 0 Å². The van der Waals surface area contributed by atoms with Crippen LogP contribution < -0.4 is 26.2 Å². The van der Waals surface area contributed by atoms with E-state index in [9.17, 15) is 4.79 Å². The Bertz CT molecular complexity index is 1080. The Balaban J connectivity index is 0.00000216. The lowest BCUT2D eigenvalue weighted by Crippen LogP contribution is -3.00. The zero-order valence-electron chi connectivity index (χ0n) is 17.8. The minimum absolute atomic E-state index is 0. The van der Waals surface area contributed by atoms with E-state index in [4.69, 9.17) is 9.47 Å². The Morgan fingerprint density at radius 3 is 2.00 bits per heavy atom. The van der Waals surface area contributed by atoms with Crippen LogP contribution in [0.25, 0.3) is 0 Å². The van der Waals surface area contributed by atoms with Crippen LogP contribution in [0.15, 0.2) is 78.9 Å². The van der Waals surface area contributed by atoms with Crippen molar-refractivity contribution >= 4 is 11.7 Å². The van der Waals surface area contributed by atoms with Crippen molar-refractivity contribution in [3.05, 3.63) is 90.0 Å². The molecule has 0 amide bonds. The standard InChI is InChI=1S/C27H26NO3.BrH/c29-27(26-21-10-4-6-12-23(21)30-24-13-7-5-11-22(24)26)31-25-18-28(16-14-19(25)15-17-28)20-8-2-1-3-9-20;/h1-13,19,25-26H,14-18H2;1H/q+1;/p-1/t19?,25-,28?;/m0./s1. The lowest BCUT2D eigenvalue weighted by atomic mass is 9.82. The number of carbonyl (C=O) groups excluding carboxylic acids is 1. The number of hydrogen-bond acceptors (Lipinski definition) is 3. The molecule has 0 unspecified atom stereocenters. The van der Waals surface area contributed by atoms with Gasteiger partial charge >= 0.3 is 5.97 Å². The average molecular weight is 492 g/mol. The van der Waals surface area contributed by atoms with Gasteiger partial charge in [0.15, 0.2) is 6.10 Å². The molecule has 3 fully saturated rings. The molecule has 4 aliphatic heterocycles. The van der Waals surface area contributed by atoms with Gasteiger partial charge in [0.1, 0.15) is 29.6 Å². The first-order valence-corrected chi connectivity index (χ1v) is 11.2. The second-order valence-electron chi connectivity index (χ2n) is 9.03. The van der Waals surface area contributed by atoms with Gasteiger partial charge in [-0.1, -0.05) is 54.6 Å². The van der Waals surface area contributed by atoms with Gasteiger partial charge in [0.05, 0.1) is 13.1 Å². The van der Waals surface area contributed by atoms with E-state index in [0.29, 0.717) is 5.92 Å². The summed E-state index contributed by atoms with van der Waals surface area (Å²) in [4.78, 5) is 13.6. The number of nitrogens with zero attached hydrogens (tertiary/aromatic N) is 1. The second-order valence-corrected chi connectivity index (χ2v) is 9.03. The molecule has 0 N–H and O–H groups in total. The number of fused-ring (bicyclic) bond motifs is 5. The molecule has 3 saturated heterocycles. The first kappa shape index (κ1) is 21.2. The van der Waals surface area contributed by atoms with Gasteiger partial charge < -0.3 is 26.5 Å². The summed E-state index contributed by atoms with van der Waals surface area (Å²) in [6.07, 6.45) is 2.17. The van der Waals surface area contributed by atoms with Gasteiger partial charge in [0, 0.05) is 29.9 Å². The summed E-state index contributed by atoms with van der Waals surface area (Å²) in [6, 6.07) is 26.3. The fourth-order valence-electron chi connectivity index (χ4n) is 5.75. The Kier molecular flexibility index (Phi) is 5.56. The summed E-state index contributed by atoms with van der Waals surface area (Å²) in [5.74, 6) is 1.34. The zero-order chi connectivity index (χ0) is 20.8. The Labute approximate surface area is 199 Å². The van der Waals surface area contributed by atoms with Gasteiger partial charge in [-0.2, -0.15) is 0 Å². The molecule has 4 nitrogen and oxygen atoms in total. The molecule has 0 spiro atoms. The number of carbonyl (C=O) groups is 1. The molecule has 0 aliphatic carbocycles. The number of hydrogen-bond donors (Lipinski definition) is 0. The SMILES string of the molecule is O=C(O[C@H]1C[N+]2(c3ccccc3)CCC1CC2)C1c2ccccc2Oc2ccccc21.[Br-]. The highest BCUT2D eigenvalue weighted by molar-refractivity contribution is 5.85. The maximum absolute atomic E-state index is 13.6. The quantitative estimate of drug-likeness (QED) is 0.416. The van der Waals surface area contributed by atoms with Gasteiger partial charge in [-0.15, -0.1) is 0 Å². The molecule has 1 atom stereocenters. The van der Waals surface area contributed by atoms with Crippen molar-refractivity contribution < 1.29 is 31.2 Å². The Morgan fingerprint density at radius 2 is 1.38 bits per heavy atom. The van der Waals surface area contributed by atoms with E-state index in [1.165, 1.54) is 5.69 Å². The summed E-state index contributed by atoms with van der Waals surface area (Å²) in [5.41, 5.74) is 3.11. The summed E-state index contributed by atoms with van der Waals surface area (Å²) < 4.78 is 13.3. The molecule has 32 heavy (non-hydrogen) atoms. The summed E-state index contributed by atoms with van der Waals surface area (Å²) in [6.45, 7) is 3.13. The maximum Gasteiger partial charge on any atom is 0.318 e. The summed E-state index contributed by atoms with van der Waals surface area (Å²) in [7, 11) is 0. The molecular weight excluding hydrogens is 466 g/mol. The van der Waals surface area contributed by atoms with Crippen molar-refractivity contribution in [2.45, 2.75) is 24.9 Å². The van der Waals surface area contributed by atoms with Crippen molar-refractivity contribution in [3.63, 3.8) is 0 Å². The molecule has 3 aromatic rings. The van der Waals surface area contributed by atoms with Gasteiger partial charge in [-0.25, -0.2) is 0 Å². The minimum Gasteiger partial charge on any atom is -1.00 e. The van der Waals surface area contributed by atoms with Gasteiger partial charge in [-0.05, 0) is 24.3 Å². The van der Waals surface area contributed by atoms with E-state index in [1.807, 2.05) is 48.5 Å². The third-order valence-electron chi connectivity index (χ3n) is 7.40. The van der Waals surface area contributed by atoms with Gasteiger partial charge in [-0.3, -0.25) is 9.28 Å². The topological polar surface area (TPSA) is 35.5 Å². The molecule has 7 rings (SSSR count). The molecular formula is C27H26BrNO3. The number of ether oxygens (including phenoxy) is 2. The van der Waals surface area contributed by atoms with Crippen molar-refractivity contribution in [2.75, 3.05) is 19.6 Å². The highest BCUT2D eigenvalue weighted by Gasteiger charge is 2.49. The van der Waals surface area contributed by atoms with E-state index in [-0.39, 0.29) is 29.1 Å². The fourth-order valence-corrected chi connectivity index (χ4v) is 5.75. The zero-order valence-corrected chi connectivity index (χ0v) is 19.4. The largest absolute Gasteiger partial charge is 1.00 e. The van der Waals surface area contributed by atoms with E-state index < -0.39 is 5.92 Å². The number of rotatable bonds is 3. The predicted molar refractivity (Wildman–Crippen MR) is 120 cm³/mol. The van der Waals surface area contributed by atoms with E-state index in [2.05, 4.69) is 30.3 Å². The van der Waals surface area contributed by atoms with Crippen molar-refractivity contribution in [3.8, 4) is 11.5 Å². The molecule has 0 saturated carbocycles. The molecule has 4 aliphatic rings. The maximum atomic E-state index is 13.6. The molecule has 5 heteroatoms. The predicted octanol–water partition coefficient (Wildman–Crippen LogP) is 2.27. The van der Waals surface area contributed by atoms with E-state index >= 15 is 0 Å². The van der Waals surface area contributed by atoms with Crippen molar-refractivity contribution in [1.29, 1.82) is 0 Å². The molecule has 164 valence electrons. The van der Waals surface area contributed by atoms with Crippen molar-refractivity contribution in [1.82, 2.24) is 4.48 Å². The summed E-state index contributed by atoms with van der Waals surface area (Å²) >= 11 is 0. The van der Waals surface area contributed by atoms with Crippen LogP contribution in [0, 0.1) is 5.92 Å². The van der Waals surface area contributed by atoms with Crippen LogP contribution in [0.2, 0.25) is 0 Å². The Hall–Kier alpha value is -2.63. The number of piperidine rings is 3. The number of benzene rings is 3. The van der Waals surface area contributed by atoms with Crippen LogP contribution in [0.1, 0.15) is 29.9 Å². The third-order valence-corrected chi connectivity index (χ3v) is 7.40. The fraction of sp³-hybridized carbons (Fsp3) is 0.296.